The van der Waals surface area contributed by atoms with Crippen molar-refractivity contribution in [3.63, 3.8) is 0 Å². The van der Waals surface area contributed by atoms with Gasteiger partial charge in [0.25, 0.3) is 0 Å². The minimum Gasteiger partial charge on any atom is -0.309 e. The van der Waals surface area contributed by atoms with Gasteiger partial charge < -0.3 is 4.90 Å². The first-order valence-corrected chi connectivity index (χ1v) is 15.7. The number of nitrogens with zero attached hydrogens (tertiary/aromatic N) is 1. The third-order valence-electron chi connectivity index (χ3n) is 8.77. The maximum Gasteiger partial charge on any atom is 0.197 e. The van der Waals surface area contributed by atoms with Crippen LogP contribution in [-0.4, -0.2) is 11.6 Å². The van der Waals surface area contributed by atoms with Crippen molar-refractivity contribution in [3.05, 3.63) is 142 Å². The van der Waals surface area contributed by atoms with Gasteiger partial charge in [0.15, 0.2) is 11.6 Å². The van der Waals surface area contributed by atoms with Crippen LogP contribution in [0.3, 0.4) is 0 Å². The average molecular weight is 588 g/mol. The van der Waals surface area contributed by atoms with Crippen LogP contribution in [0, 0.1) is 0 Å². The number of hydrogen-bond donors (Lipinski definition) is 0. The molecule has 0 unspecified atom stereocenters. The Balaban J connectivity index is 1.25. The molecule has 0 atom stereocenters. The molecule has 3 nitrogen and oxygen atoms in total. The van der Waals surface area contributed by atoms with Crippen LogP contribution in [0.25, 0.3) is 38.4 Å². The second kappa shape index (κ2) is 9.73. The summed E-state index contributed by atoms with van der Waals surface area (Å²) in [5.74, 6) is -0.396. The molecule has 0 spiro atoms. The molecule has 1 aromatic heterocycles. The summed E-state index contributed by atoms with van der Waals surface area (Å²) >= 11 is 1.60. The molecule has 5 aromatic carbocycles. The lowest BCUT2D eigenvalue weighted by Gasteiger charge is -2.34. The highest BCUT2D eigenvalue weighted by atomic mass is 32.1. The third-order valence-corrected chi connectivity index (χ3v) is 9.84. The van der Waals surface area contributed by atoms with Gasteiger partial charge in [-0.3, -0.25) is 9.59 Å². The topological polar surface area (TPSA) is 37.4 Å². The van der Waals surface area contributed by atoms with E-state index in [4.69, 9.17) is 0 Å². The van der Waals surface area contributed by atoms with E-state index in [0.29, 0.717) is 11.1 Å². The molecule has 0 radical (unpaired) electrons. The van der Waals surface area contributed by atoms with E-state index in [1.807, 2.05) is 6.07 Å². The van der Waals surface area contributed by atoms with Crippen molar-refractivity contribution in [2.45, 2.75) is 26.2 Å². The monoisotopic (exact) mass is 587 g/mol. The summed E-state index contributed by atoms with van der Waals surface area (Å²) in [7, 11) is 0. The Morgan fingerprint density at radius 2 is 1.25 bits per heavy atom. The number of ketones is 2. The fraction of sp³-hybridized carbons (Fsp3) is 0.100. The Morgan fingerprint density at radius 3 is 1.95 bits per heavy atom. The molecule has 8 rings (SSSR count). The molecule has 0 amide bonds. The molecular weight excluding hydrogens is 559 g/mol. The largest absolute Gasteiger partial charge is 0.309 e. The summed E-state index contributed by atoms with van der Waals surface area (Å²) in [5.41, 5.74) is 9.61. The Kier molecular flexibility index (Phi) is 5.87. The Morgan fingerprint density at radius 1 is 0.591 bits per heavy atom. The van der Waals surface area contributed by atoms with E-state index in [9.17, 15) is 9.59 Å². The zero-order valence-corrected chi connectivity index (χ0v) is 25.5. The van der Waals surface area contributed by atoms with Crippen LogP contribution >= 0.6 is 11.3 Å². The fourth-order valence-corrected chi connectivity index (χ4v) is 7.54. The van der Waals surface area contributed by atoms with Crippen LogP contribution in [0.2, 0.25) is 0 Å². The van der Waals surface area contributed by atoms with Crippen molar-refractivity contribution in [2.75, 3.05) is 4.90 Å². The highest BCUT2D eigenvalue weighted by Crippen LogP contribution is 2.52. The summed E-state index contributed by atoms with van der Waals surface area (Å²) < 4.78 is 0. The molecule has 0 fully saturated rings. The van der Waals surface area contributed by atoms with Crippen molar-refractivity contribution >= 4 is 56.8 Å². The van der Waals surface area contributed by atoms with Gasteiger partial charge in [0.05, 0.1) is 16.9 Å². The van der Waals surface area contributed by atoms with Gasteiger partial charge in [-0.15, -0.1) is 11.3 Å². The van der Waals surface area contributed by atoms with E-state index < -0.39 is 0 Å². The number of allylic oxidation sites excluding steroid dienone is 1. The summed E-state index contributed by atoms with van der Waals surface area (Å²) in [4.78, 5) is 30.4. The lowest BCUT2D eigenvalue weighted by atomic mass is 9.86. The van der Waals surface area contributed by atoms with E-state index in [0.717, 1.165) is 26.7 Å². The zero-order chi connectivity index (χ0) is 30.2. The lowest BCUT2D eigenvalue weighted by molar-refractivity contribution is 0.0990. The molecule has 2 heterocycles. The standard InChI is InChI=1S/C40H29NO2S/c1-40(2,3)24-15-17-25(18-16-24)41-34-14-7-6-9-27(34)29-12-8-13-30-28(20-21-35(41)37(29)30)36-22-19-26(44-36)23-33-38(42)31-10-4-5-11-32(31)39(33)43/h4-23H,1-3H3. The number of para-hydroxylation sites is 1. The fourth-order valence-electron chi connectivity index (χ4n) is 6.55. The van der Waals surface area contributed by atoms with Gasteiger partial charge in [0, 0.05) is 37.5 Å². The van der Waals surface area contributed by atoms with E-state index in [1.165, 1.54) is 33.2 Å². The van der Waals surface area contributed by atoms with Gasteiger partial charge in [0.2, 0.25) is 0 Å². The van der Waals surface area contributed by atoms with Gasteiger partial charge in [-0.25, -0.2) is 0 Å². The molecule has 1 aliphatic carbocycles. The zero-order valence-electron chi connectivity index (χ0n) is 24.7. The highest BCUT2D eigenvalue weighted by molar-refractivity contribution is 7.16. The Hall–Kier alpha value is -5.06. The number of anilines is 3. The van der Waals surface area contributed by atoms with E-state index in [-0.39, 0.29) is 22.6 Å². The molecule has 0 N–H and O–H groups in total. The number of fused-ring (bicyclic) bond motifs is 3. The predicted octanol–water partition coefficient (Wildman–Crippen LogP) is 10.8. The second-order valence-electron chi connectivity index (χ2n) is 12.5. The number of Topliss-reactive ketones (excluding diaryl/α,β-unsaturated/α-hetero) is 2. The average Bonchev–Trinajstić information content (AvgIpc) is 3.60. The molecular formula is C40H29NO2S. The van der Waals surface area contributed by atoms with Crippen LogP contribution in [0.1, 0.15) is 51.9 Å². The van der Waals surface area contributed by atoms with Crippen molar-refractivity contribution < 1.29 is 9.59 Å². The Labute approximate surface area is 260 Å². The summed E-state index contributed by atoms with van der Waals surface area (Å²) in [5, 5.41) is 2.39. The van der Waals surface area contributed by atoms with Crippen LogP contribution in [0.5, 0.6) is 0 Å². The highest BCUT2D eigenvalue weighted by Gasteiger charge is 2.33. The number of benzene rings is 5. The van der Waals surface area contributed by atoms with Crippen molar-refractivity contribution in [3.8, 4) is 21.6 Å². The number of carbonyl (C=O) groups is 2. The van der Waals surface area contributed by atoms with Crippen LogP contribution < -0.4 is 4.90 Å². The number of hydrogen-bond acceptors (Lipinski definition) is 4. The van der Waals surface area contributed by atoms with Gasteiger partial charge in [0.1, 0.15) is 0 Å². The third kappa shape index (κ3) is 4.02. The SMILES string of the molecule is CC(C)(C)c1ccc(N2c3ccccc3-c3cccc4c(-c5ccc(C=C6C(=O)c7ccccc7C6=O)s5)ccc2c34)cc1. The molecule has 4 heteroatoms. The van der Waals surface area contributed by atoms with Crippen LogP contribution in [-0.2, 0) is 5.41 Å². The molecule has 0 bridgehead atoms. The molecule has 0 saturated carbocycles. The van der Waals surface area contributed by atoms with Gasteiger partial charge in [-0.1, -0.05) is 99.6 Å². The smallest absolute Gasteiger partial charge is 0.197 e. The normalized spacial score (nSPS) is 13.8. The first-order chi connectivity index (χ1) is 21.3. The number of rotatable bonds is 3. The van der Waals surface area contributed by atoms with E-state index in [1.54, 1.807) is 41.7 Å². The summed E-state index contributed by atoms with van der Waals surface area (Å²) in [6, 6.07) is 39.7. The molecule has 44 heavy (non-hydrogen) atoms. The van der Waals surface area contributed by atoms with Crippen molar-refractivity contribution in [1.82, 2.24) is 0 Å². The van der Waals surface area contributed by atoms with Crippen molar-refractivity contribution in [1.29, 1.82) is 0 Å². The molecule has 0 saturated heterocycles. The van der Waals surface area contributed by atoms with Gasteiger partial charge >= 0.3 is 0 Å². The van der Waals surface area contributed by atoms with Crippen molar-refractivity contribution in [2.24, 2.45) is 0 Å². The minimum atomic E-state index is -0.198. The molecule has 6 aromatic rings. The second-order valence-corrected chi connectivity index (χ2v) is 13.6. The maximum atomic E-state index is 13.0. The summed E-state index contributed by atoms with van der Waals surface area (Å²) in [6.07, 6.45) is 1.75. The number of thiophene rings is 1. The Bertz CT molecular complexity index is 2160. The minimum absolute atomic E-state index is 0.0810. The van der Waals surface area contributed by atoms with E-state index >= 15 is 0 Å². The predicted molar refractivity (Wildman–Crippen MR) is 183 cm³/mol. The quantitative estimate of drug-likeness (QED) is 0.152. The number of carbonyl (C=O) groups excluding carboxylic acids is 2. The molecule has 2 aliphatic rings. The molecule has 1 aliphatic heterocycles. The van der Waals surface area contributed by atoms with Crippen LogP contribution in [0.15, 0.2) is 121 Å². The first-order valence-electron chi connectivity index (χ1n) is 14.9. The summed E-state index contributed by atoms with van der Waals surface area (Å²) in [6.45, 7) is 6.73. The van der Waals surface area contributed by atoms with Gasteiger partial charge in [-0.05, 0) is 70.0 Å². The first kappa shape index (κ1) is 26.6. The van der Waals surface area contributed by atoms with Gasteiger partial charge in [-0.2, -0.15) is 0 Å². The van der Waals surface area contributed by atoms with Crippen LogP contribution in [0.4, 0.5) is 17.1 Å². The lowest BCUT2D eigenvalue weighted by Crippen LogP contribution is -2.16. The van der Waals surface area contributed by atoms with E-state index in [2.05, 4.69) is 111 Å². The maximum absolute atomic E-state index is 13.0. The molecule has 212 valence electrons.